The lowest BCUT2D eigenvalue weighted by molar-refractivity contribution is -0.124. The molecule has 0 saturated heterocycles. The number of carbonyl (C=O) groups is 2. The number of halogens is 1. The van der Waals surface area contributed by atoms with E-state index < -0.39 is 0 Å². The van der Waals surface area contributed by atoms with E-state index in [9.17, 15) is 9.59 Å². The van der Waals surface area contributed by atoms with Crippen molar-refractivity contribution in [1.82, 2.24) is 10.2 Å². The number of rotatable bonds is 4. The highest BCUT2D eigenvalue weighted by Crippen LogP contribution is 2.20. The van der Waals surface area contributed by atoms with Crippen LogP contribution in [-0.2, 0) is 4.79 Å². The van der Waals surface area contributed by atoms with E-state index in [0.717, 1.165) is 10.0 Å². The molecule has 0 fully saturated rings. The van der Waals surface area contributed by atoms with Gasteiger partial charge in [0.05, 0.1) is 11.5 Å². The van der Waals surface area contributed by atoms with Crippen LogP contribution < -0.4 is 5.32 Å². The molecule has 104 valence electrons. The molecular formula is C14H19BrN2O2. The smallest absolute Gasteiger partial charge is 0.254 e. The van der Waals surface area contributed by atoms with Crippen LogP contribution >= 0.6 is 15.9 Å². The highest BCUT2D eigenvalue weighted by Gasteiger charge is 2.19. The molecule has 5 heteroatoms. The SMILES string of the molecule is CNC(=O)C(C)CN(C)C(=O)c1ccc(C)cc1Br. The first-order valence-corrected chi connectivity index (χ1v) is 6.89. The van der Waals surface area contributed by atoms with Gasteiger partial charge in [0, 0.05) is 25.1 Å². The van der Waals surface area contributed by atoms with Crippen LogP contribution in [0.2, 0.25) is 0 Å². The fraction of sp³-hybridized carbons (Fsp3) is 0.429. The summed E-state index contributed by atoms with van der Waals surface area (Å²) in [5.74, 6) is -0.395. The number of hydrogen-bond donors (Lipinski definition) is 1. The first-order valence-electron chi connectivity index (χ1n) is 6.10. The molecule has 0 radical (unpaired) electrons. The van der Waals surface area contributed by atoms with Crippen molar-refractivity contribution in [3.63, 3.8) is 0 Å². The summed E-state index contributed by atoms with van der Waals surface area (Å²) in [4.78, 5) is 25.3. The Bertz CT molecular complexity index is 488. The average Bonchev–Trinajstić information content (AvgIpc) is 2.36. The van der Waals surface area contributed by atoms with E-state index >= 15 is 0 Å². The van der Waals surface area contributed by atoms with Crippen LogP contribution in [0.5, 0.6) is 0 Å². The molecule has 1 unspecified atom stereocenters. The lowest BCUT2D eigenvalue weighted by Crippen LogP contribution is -2.37. The molecule has 0 heterocycles. The van der Waals surface area contributed by atoms with Gasteiger partial charge in [-0.3, -0.25) is 9.59 Å². The van der Waals surface area contributed by atoms with Crippen molar-refractivity contribution in [2.24, 2.45) is 5.92 Å². The molecule has 1 aromatic carbocycles. The van der Waals surface area contributed by atoms with Crippen molar-refractivity contribution >= 4 is 27.7 Å². The van der Waals surface area contributed by atoms with Gasteiger partial charge in [0.2, 0.25) is 5.91 Å². The van der Waals surface area contributed by atoms with Crippen molar-refractivity contribution in [1.29, 1.82) is 0 Å². The van der Waals surface area contributed by atoms with E-state index in [2.05, 4.69) is 21.2 Å². The van der Waals surface area contributed by atoms with Crippen LogP contribution in [0.15, 0.2) is 22.7 Å². The zero-order valence-corrected chi connectivity index (χ0v) is 13.2. The van der Waals surface area contributed by atoms with E-state index in [1.165, 1.54) is 0 Å². The number of benzene rings is 1. The van der Waals surface area contributed by atoms with Gasteiger partial charge in [0.25, 0.3) is 5.91 Å². The van der Waals surface area contributed by atoms with Gasteiger partial charge in [0.1, 0.15) is 0 Å². The second kappa shape index (κ2) is 6.70. The predicted octanol–water partition coefficient (Wildman–Crippen LogP) is 2.21. The van der Waals surface area contributed by atoms with Crippen molar-refractivity contribution < 1.29 is 9.59 Å². The molecular weight excluding hydrogens is 308 g/mol. The summed E-state index contributed by atoms with van der Waals surface area (Å²) in [6, 6.07) is 5.60. The molecule has 0 bridgehead atoms. The Morgan fingerprint density at radius 1 is 1.42 bits per heavy atom. The predicted molar refractivity (Wildman–Crippen MR) is 79.1 cm³/mol. The van der Waals surface area contributed by atoms with Gasteiger partial charge in [-0.25, -0.2) is 0 Å². The molecule has 0 aliphatic rings. The Morgan fingerprint density at radius 3 is 2.58 bits per heavy atom. The summed E-state index contributed by atoms with van der Waals surface area (Å²) in [5.41, 5.74) is 1.70. The number of hydrogen-bond acceptors (Lipinski definition) is 2. The van der Waals surface area contributed by atoms with Crippen molar-refractivity contribution in [2.45, 2.75) is 13.8 Å². The molecule has 4 nitrogen and oxygen atoms in total. The van der Waals surface area contributed by atoms with Crippen LogP contribution in [0.1, 0.15) is 22.8 Å². The minimum Gasteiger partial charge on any atom is -0.359 e. The van der Waals surface area contributed by atoms with E-state index in [1.54, 1.807) is 32.0 Å². The number of nitrogens with one attached hydrogen (secondary N) is 1. The molecule has 0 aliphatic carbocycles. The number of carbonyl (C=O) groups excluding carboxylic acids is 2. The third-order valence-electron chi connectivity index (χ3n) is 2.94. The maximum absolute atomic E-state index is 12.3. The van der Waals surface area contributed by atoms with E-state index in [-0.39, 0.29) is 17.7 Å². The van der Waals surface area contributed by atoms with Gasteiger partial charge < -0.3 is 10.2 Å². The summed E-state index contributed by atoms with van der Waals surface area (Å²) in [5, 5.41) is 2.58. The first-order chi connectivity index (χ1) is 8.86. The highest BCUT2D eigenvalue weighted by molar-refractivity contribution is 9.10. The third-order valence-corrected chi connectivity index (χ3v) is 3.60. The monoisotopic (exact) mass is 326 g/mol. The van der Waals surface area contributed by atoms with E-state index in [1.807, 2.05) is 19.1 Å². The second-order valence-electron chi connectivity index (χ2n) is 4.68. The minimum absolute atomic E-state index is 0.0670. The Hall–Kier alpha value is -1.36. The molecule has 1 rings (SSSR count). The van der Waals surface area contributed by atoms with Gasteiger partial charge in [-0.05, 0) is 40.5 Å². The standard InChI is InChI=1S/C14H19BrN2O2/c1-9-5-6-11(12(15)7-9)14(19)17(4)8-10(2)13(18)16-3/h5-7,10H,8H2,1-4H3,(H,16,18). The fourth-order valence-corrected chi connectivity index (χ4v) is 2.49. The van der Waals surface area contributed by atoms with E-state index in [0.29, 0.717) is 12.1 Å². The molecule has 0 aromatic heterocycles. The Balaban J connectivity index is 2.79. The molecule has 1 aromatic rings. The van der Waals surface area contributed by atoms with Crippen LogP contribution in [0.3, 0.4) is 0 Å². The summed E-state index contributed by atoms with van der Waals surface area (Å²) >= 11 is 3.40. The molecule has 0 aliphatic heterocycles. The Labute approximate surface area is 122 Å². The molecule has 1 N–H and O–H groups in total. The van der Waals surface area contributed by atoms with Crippen molar-refractivity contribution in [3.8, 4) is 0 Å². The van der Waals surface area contributed by atoms with E-state index in [4.69, 9.17) is 0 Å². The van der Waals surface area contributed by atoms with Gasteiger partial charge in [0.15, 0.2) is 0 Å². The zero-order chi connectivity index (χ0) is 14.6. The van der Waals surface area contributed by atoms with Gasteiger partial charge >= 0.3 is 0 Å². The maximum atomic E-state index is 12.3. The summed E-state index contributed by atoms with van der Waals surface area (Å²) in [7, 11) is 3.30. The Morgan fingerprint density at radius 2 is 2.05 bits per heavy atom. The Kier molecular flexibility index (Phi) is 5.54. The van der Waals surface area contributed by atoms with Gasteiger partial charge in [-0.15, -0.1) is 0 Å². The van der Waals surface area contributed by atoms with Crippen LogP contribution in [0, 0.1) is 12.8 Å². The first kappa shape index (κ1) is 15.7. The lowest BCUT2D eigenvalue weighted by atomic mass is 10.1. The summed E-state index contributed by atoms with van der Waals surface area (Å²) < 4.78 is 0.775. The quantitative estimate of drug-likeness (QED) is 0.922. The molecule has 2 amide bonds. The van der Waals surface area contributed by atoms with Crippen LogP contribution in [0.25, 0.3) is 0 Å². The zero-order valence-electron chi connectivity index (χ0n) is 11.7. The largest absolute Gasteiger partial charge is 0.359 e. The number of aryl methyl sites for hydroxylation is 1. The molecule has 0 spiro atoms. The maximum Gasteiger partial charge on any atom is 0.254 e. The summed E-state index contributed by atoms with van der Waals surface area (Å²) in [6.45, 7) is 4.15. The van der Waals surface area contributed by atoms with Crippen molar-refractivity contribution in [3.05, 3.63) is 33.8 Å². The average molecular weight is 327 g/mol. The molecule has 1 atom stereocenters. The number of amides is 2. The fourth-order valence-electron chi connectivity index (χ4n) is 1.82. The topological polar surface area (TPSA) is 49.4 Å². The van der Waals surface area contributed by atoms with Gasteiger partial charge in [-0.1, -0.05) is 13.0 Å². The molecule has 0 saturated carbocycles. The lowest BCUT2D eigenvalue weighted by Gasteiger charge is -2.21. The van der Waals surface area contributed by atoms with Crippen molar-refractivity contribution in [2.75, 3.05) is 20.6 Å². The van der Waals surface area contributed by atoms with Crippen LogP contribution in [0.4, 0.5) is 0 Å². The summed E-state index contributed by atoms with van der Waals surface area (Å²) in [6.07, 6.45) is 0. The molecule has 19 heavy (non-hydrogen) atoms. The highest BCUT2D eigenvalue weighted by atomic mass is 79.9. The number of nitrogens with zero attached hydrogens (tertiary/aromatic N) is 1. The third kappa shape index (κ3) is 4.06. The minimum atomic E-state index is -0.233. The van der Waals surface area contributed by atoms with Crippen LogP contribution in [-0.4, -0.2) is 37.4 Å². The normalized spacial score (nSPS) is 11.8. The second-order valence-corrected chi connectivity index (χ2v) is 5.54. The van der Waals surface area contributed by atoms with Gasteiger partial charge in [-0.2, -0.15) is 0 Å².